The van der Waals surface area contributed by atoms with Crippen LogP contribution in [0.2, 0.25) is 0 Å². The van der Waals surface area contributed by atoms with Crippen LogP contribution >= 0.6 is 0 Å². The van der Waals surface area contributed by atoms with Crippen molar-refractivity contribution in [1.29, 1.82) is 0 Å². The number of hydrogen-bond acceptors (Lipinski definition) is 5. The van der Waals surface area contributed by atoms with E-state index in [1.165, 1.54) is 0 Å². The summed E-state index contributed by atoms with van der Waals surface area (Å²) in [5.74, 6) is 2.61. The van der Waals surface area contributed by atoms with Crippen LogP contribution in [0.25, 0.3) is 0 Å². The Kier molecular flexibility index (Phi) is 5.11. The maximum Gasteiger partial charge on any atom is 0.230 e. The molecule has 2 fully saturated rings. The first-order valence-electron chi connectivity index (χ1n) is 9.82. The highest BCUT2D eigenvalue weighted by molar-refractivity contribution is 5.85. The van der Waals surface area contributed by atoms with E-state index in [2.05, 4.69) is 9.88 Å². The van der Waals surface area contributed by atoms with Gasteiger partial charge in [-0.15, -0.1) is 0 Å². The average molecular weight is 381 g/mol. The minimum absolute atomic E-state index is 0.252. The molecule has 6 nitrogen and oxygen atoms in total. The molecule has 2 saturated heterocycles. The minimum Gasteiger partial charge on any atom is -0.493 e. The highest BCUT2D eigenvalue weighted by Crippen LogP contribution is 2.42. The molecule has 1 aromatic carbocycles. The summed E-state index contributed by atoms with van der Waals surface area (Å²) >= 11 is 0. The van der Waals surface area contributed by atoms with Crippen molar-refractivity contribution in [3.63, 3.8) is 0 Å². The van der Waals surface area contributed by atoms with Gasteiger partial charge in [-0.1, -0.05) is 18.2 Å². The van der Waals surface area contributed by atoms with E-state index in [0.29, 0.717) is 18.0 Å². The number of nitrogens with zero attached hydrogens (tertiary/aromatic N) is 3. The fourth-order valence-corrected chi connectivity index (χ4v) is 4.57. The first kappa shape index (κ1) is 18.6. The molecule has 6 heteroatoms. The first-order valence-corrected chi connectivity index (χ1v) is 9.82. The van der Waals surface area contributed by atoms with Gasteiger partial charge in [0.2, 0.25) is 5.91 Å². The number of pyridine rings is 1. The summed E-state index contributed by atoms with van der Waals surface area (Å²) in [5, 5.41) is 0. The standard InChI is InChI=1S/C22H27N3O3/c1-27-18-8-5-7-17(20(18)28-2)15-24-13-6-10-22(21(24)26)11-14-25(16-22)19-9-3-4-12-23-19/h3-5,7-9,12H,6,10-11,13-16H2,1-2H3/t22-/m0/s1. The smallest absolute Gasteiger partial charge is 0.230 e. The lowest BCUT2D eigenvalue weighted by Crippen LogP contribution is -2.49. The van der Waals surface area contributed by atoms with Crippen LogP contribution in [-0.2, 0) is 11.3 Å². The SMILES string of the molecule is COc1cccc(CN2CCC[C@@]3(CCN(c4ccccn4)C3)C2=O)c1OC. The van der Waals surface area contributed by atoms with Crippen molar-refractivity contribution in [3.05, 3.63) is 48.2 Å². The van der Waals surface area contributed by atoms with E-state index in [1.54, 1.807) is 14.2 Å². The van der Waals surface area contributed by atoms with Crippen molar-refractivity contribution in [2.45, 2.75) is 25.8 Å². The van der Waals surface area contributed by atoms with Crippen molar-refractivity contribution in [3.8, 4) is 11.5 Å². The summed E-state index contributed by atoms with van der Waals surface area (Å²) in [7, 11) is 3.27. The van der Waals surface area contributed by atoms with Crippen molar-refractivity contribution < 1.29 is 14.3 Å². The number of carbonyl (C=O) groups excluding carboxylic acids is 1. The number of amides is 1. The molecule has 4 rings (SSSR count). The molecule has 1 spiro atoms. The maximum atomic E-state index is 13.5. The normalized spacial score (nSPS) is 22.0. The highest BCUT2D eigenvalue weighted by atomic mass is 16.5. The number of benzene rings is 1. The summed E-state index contributed by atoms with van der Waals surface area (Å²) in [6.45, 7) is 2.95. The van der Waals surface area contributed by atoms with Gasteiger partial charge in [0.1, 0.15) is 5.82 Å². The molecule has 2 aliphatic heterocycles. The van der Waals surface area contributed by atoms with E-state index >= 15 is 0 Å². The molecule has 1 aromatic heterocycles. The third-order valence-electron chi connectivity index (χ3n) is 6.00. The van der Waals surface area contributed by atoms with E-state index in [4.69, 9.17) is 9.47 Å². The molecule has 0 aliphatic carbocycles. The highest BCUT2D eigenvalue weighted by Gasteiger charge is 2.48. The Bertz CT molecular complexity index is 842. The molecule has 1 amide bonds. The predicted octanol–water partition coefficient (Wildman–Crippen LogP) is 3.12. The molecule has 3 heterocycles. The van der Waals surface area contributed by atoms with Crippen molar-refractivity contribution in [2.24, 2.45) is 5.41 Å². The number of likely N-dealkylation sites (tertiary alicyclic amines) is 1. The molecular formula is C22H27N3O3. The van der Waals surface area contributed by atoms with Crippen molar-refractivity contribution >= 4 is 11.7 Å². The van der Waals surface area contributed by atoms with Crippen LogP contribution in [0, 0.1) is 5.41 Å². The molecule has 0 bridgehead atoms. The topological polar surface area (TPSA) is 54.9 Å². The molecule has 1 atom stereocenters. The Balaban J connectivity index is 1.53. The number of aromatic nitrogens is 1. The number of methoxy groups -OCH3 is 2. The molecule has 148 valence electrons. The van der Waals surface area contributed by atoms with Gasteiger partial charge >= 0.3 is 0 Å². The summed E-state index contributed by atoms with van der Waals surface area (Å²) in [5.41, 5.74) is 0.675. The monoisotopic (exact) mass is 381 g/mol. The Morgan fingerprint density at radius 1 is 1.07 bits per heavy atom. The van der Waals surface area contributed by atoms with Crippen LogP contribution in [0.4, 0.5) is 5.82 Å². The van der Waals surface area contributed by atoms with Crippen LogP contribution in [0.3, 0.4) is 0 Å². The van der Waals surface area contributed by atoms with Crippen LogP contribution in [0.5, 0.6) is 11.5 Å². The number of carbonyl (C=O) groups is 1. The fourth-order valence-electron chi connectivity index (χ4n) is 4.57. The third kappa shape index (κ3) is 3.28. The zero-order valence-corrected chi connectivity index (χ0v) is 16.6. The van der Waals surface area contributed by atoms with Crippen molar-refractivity contribution in [2.75, 3.05) is 38.8 Å². The van der Waals surface area contributed by atoms with Gasteiger partial charge in [0, 0.05) is 37.9 Å². The van der Waals surface area contributed by atoms with Crippen LogP contribution in [0.15, 0.2) is 42.6 Å². The number of hydrogen-bond donors (Lipinski definition) is 0. The van der Waals surface area contributed by atoms with Crippen LogP contribution in [-0.4, -0.2) is 49.6 Å². The van der Waals surface area contributed by atoms with Gasteiger partial charge in [0.15, 0.2) is 11.5 Å². The summed E-state index contributed by atoms with van der Waals surface area (Å²) < 4.78 is 11.0. The number of rotatable bonds is 5. The van der Waals surface area contributed by atoms with Crippen LogP contribution < -0.4 is 14.4 Å². The quantitative estimate of drug-likeness (QED) is 0.797. The molecule has 0 saturated carbocycles. The predicted molar refractivity (Wildman–Crippen MR) is 108 cm³/mol. The lowest BCUT2D eigenvalue weighted by molar-refractivity contribution is -0.145. The number of para-hydroxylation sites is 1. The van der Waals surface area contributed by atoms with E-state index in [0.717, 1.165) is 50.3 Å². The number of anilines is 1. The third-order valence-corrected chi connectivity index (χ3v) is 6.00. The summed E-state index contributed by atoms with van der Waals surface area (Å²) in [6, 6.07) is 11.8. The van der Waals surface area contributed by atoms with Gasteiger partial charge in [-0.3, -0.25) is 4.79 Å². The molecule has 28 heavy (non-hydrogen) atoms. The van der Waals surface area contributed by atoms with Crippen LogP contribution in [0.1, 0.15) is 24.8 Å². The largest absolute Gasteiger partial charge is 0.493 e. The lowest BCUT2D eigenvalue weighted by atomic mass is 9.78. The van der Waals surface area contributed by atoms with Gasteiger partial charge in [-0.25, -0.2) is 4.98 Å². The Hall–Kier alpha value is -2.76. The summed E-state index contributed by atoms with van der Waals surface area (Å²) in [4.78, 5) is 22.2. The maximum absolute atomic E-state index is 13.5. The Morgan fingerprint density at radius 3 is 2.71 bits per heavy atom. The summed E-state index contributed by atoms with van der Waals surface area (Å²) in [6.07, 6.45) is 4.66. The molecule has 0 N–H and O–H groups in total. The number of ether oxygens (including phenoxy) is 2. The Labute approximate surface area is 166 Å². The van der Waals surface area contributed by atoms with E-state index < -0.39 is 0 Å². The molecule has 0 unspecified atom stereocenters. The van der Waals surface area contributed by atoms with E-state index in [9.17, 15) is 4.79 Å². The average Bonchev–Trinajstić information content (AvgIpc) is 3.17. The second-order valence-corrected chi connectivity index (χ2v) is 7.62. The van der Waals surface area contributed by atoms with E-state index in [-0.39, 0.29) is 11.3 Å². The second kappa shape index (κ2) is 7.70. The van der Waals surface area contributed by atoms with Gasteiger partial charge in [-0.05, 0) is 37.5 Å². The molecule has 2 aliphatic rings. The van der Waals surface area contributed by atoms with Gasteiger partial charge in [-0.2, -0.15) is 0 Å². The van der Waals surface area contributed by atoms with Gasteiger partial charge < -0.3 is 19.3 Å². The zero-order valence-electron chi connectivity index (χ0n) is 16.6. The lowest BCUT2D eigenvalue weighted by Gasteiger charge is -2.39. The molecule has 2 aromatic rings. The Morgan fingerprint density at radius 2 is 1.96 bits per heavy atom. The fraction of sp³-hybridized carbons (Fsp3) is 0.455. The second-order valence-electron chi connectivity index (χ2n) is 7.62. The van der Waals surface area contributed by atoms with Crippen molar-refractivity contribution in [1.82, 2.24) is 9.88 Å². The number of piperidine rings is 1. The van der Waals surface area contributed by atoms with E-state index in [1.807, 2.05) is 47.5 Å². The first-order chi connectivity index (χ1) is 13.7. The zero-order chi connectivity index (χ0) is 19.6. The van der Waals surface area contributed by atoms with Gasteiger partial charge in [0.25, 0.3) is 0 Å². The minimum atomic E-state index is -0.304. The molecule has 0 radical (unpaired) electrons. The van der Waals surface area contributed by atoms with Gasteiger partial charge in [0.05, 0.1) is 19.6 Å². The molecular weight excluding hydrogens is 354 g/mol.